The van der Waals surface area contributed by atoms with Crippen LogP contribution < -0.4 is 16.4 Å². The van der Waals surface area contributed by atoms with Crippen LogP contribution in [0.2, 0.25) is 0 Å². The molecule has 1 aliphatic rings. The van der Waals surface area contributed by atoms with Crippen LogP contribution in [0.4, 0.5) is 0 Å². The molecule has 4 nitrogen and oxygen atoms in total. The number of likely N-dealkylation sites (N-methyl/N-ethyl adjacent to an activating group) is 1. The fourth-order valence-electron chi connectivity index (χ4n) is 2.69. The van der Waals surface area contributed by atoms with Crippen LogP contribution in [-0.2, 0) is 4.79 Å². The van der Waals surface area contributed by atoms with Gasteiger partial charge in [-0.25, -0.2) is 0 Å². The second-order valence-corrected chi connectivity index (χ2v) is 5.50. The van der Waals surface area contributed by atoms with Crippen molar-refractivity contribution in [3.8, 4) is 0 Å². The fourth-order valence-corrected chi connectivity index (χ4v) is 2.69. The van der Waals surface area contributed by atoms with E-state index in [2.05, 4.69) is 24.5 Å². The molecule has 0 aromatic rings. The Labute approximate surface area is 105 Å². The second-order valence-electron chi connectivity index (χ2n) is 5.50. The maximum absolute atomic E-state index is 11.8. The van der Waals surface area contributed by atoms with Gasteiger partial charge in [-0.3, -0.25) is 4.79 Å². The van der Waals surface area contributed by atoms with E-state index in [4.69, 9.17) is 5.73 Å². The van der Waals surface area contributed by atoms with E-state index in [1.165, 1.54) is 12.8 Å². The summed E-state index contributed by atoms with van der Waals surface area (Å²) in [6, 6.07) is 0.346. The number of nitrogens with two attached hydrogens (primary N) is 1. The molecule has 0 aliphatic heterocycles. The SMILES string of the molecule is CNC(=O)C(CC(C)C)NC1CCCC1CN. The highest BCUT2D eigenvalue weighted by Crippen LogP contribution is 2.25. The summed E-state index contributed by atoms with van der Waals surface area (Å²) in [5, 5.41) is 6.25. The minimum atomic E-state index is -0.0721. The van der Waals surface area contributed by atoms with E-state index in [0.29, 0.717) is 17.9 Å². The van der Waals surface area contributed by atoms with E-state index >= 15 is 0 Å². The van der Waals surface area contributed by atoms with Gasteiger partial charge in [-0.1, -0.05) is 20.3 Å². The first-order valence-corrected chi connectivity index (χ1v) is 6.76. The highest BCUT2D eigenvalue weighted by molar-refractivity contribution is 5.81. The van der Waals surface area contributed by atoms with Gasteiger partial charge in [0.25, 0.3) is 0 Å². The molecule has 1 saturated carbocycles. The smallest absolute Gasteiger partial charge is 0.236 e. The van der Waals surface area contributed by atoms with Crippen molar-refractivity contribution in [1.29, 1.82) is 0 Å². The molecule has 1 rings (SSSR count). The third-order valence-electron chi connectivity index (χ3n) is 3.65. The molecular formula is C13H27N3O. The number of carbonyl (C=O) groups is 1. The third-order valence-corrected chi connectivity index (χ3v) is 3.65. The number of hydrogen-bond acceptors (Lipinski definition) is 3. The van der Waals surface area contributed by atoms with Gasteiger partial charge in [-0.05, 0) is 37.6 Å². The molecule has 1 aliphatic carbocycles. The molecule has 0 saturated heterocycles. The van der Waals surface area contributed by atoms with Crippen molar-refractivity contribution in [2.45, 2.75) is 51.6 Å². The van der Waals surface area contributed by atoms with Crippen molar-refractivity contribution in [3.63, 3.8) is 0 Å². The maximum atomic E-state index is 11.8. The largest absolute Gasteiger partial charge is 0.358 e. The molecule has 0 aromatic carbocycles. The van der Waals surface area contributed by atoms with Crippen LogP contribution in [0.1, 0.15) is 39.5 Å². The number of carbonyl (C=O) groups excluding carboxylic acids is 1. The summed E-state index contributed by atoms with van der Waals surface area (Å²) in [6.07, 6.45) is 4.44. The van der Waals surface area contributed by atoms with Crippen molar-refractivity contribution in [2.24, 2.45) is 17.6 Å². The van der Waals surface area contributed by atoms with E-state index < -0.39 is 0 Å². The van der Waals surface area contributed by atoms with Gasteiger partial charge in [0.05, 0.1) is 6.04 Å². The summed E-state index contributed by atoms with van der Waals surface area (Å²) in [7, 11) is 1.70. The average molecular weight is 241 g/mol. The Morgan fingerprint density at radius 2 is 2.12 bits per heavy atom. The lowest BCUT2D eigenvalue weighted by molar-refractivity contribution is -0.123. The molecular weight excluding hydrogens is 214 g/mol. The highest BCUT2D eigenvalue weighted by atomic mass is 16.2. The van der Waals surface area contributed by atoms with Gasteiger partial charge in [-0.15, -0.1) is 0 Å². The Kier molecular flexibility index (Phi) is 5.92. The Balaban J connectivity index is 2.55. The molecule has 0 heterocycles. The number of hydrogen-bond donors (Lipinski definition) is 3. The minimum absolute atomic E-state index is 0.0721. The van der Waals surface area contributed by atoms with Gasteiger partial charge in [0.1, 0.15) is 0 Å². The van der Waals surface area contributed by atoms with Crippen molar-refractivity contribution < 1.29 is 4.79 Å². The summed E-state index contributed by atoms with van der Waals surface area (Å²) >= 11 is 0. The first-order valence-electron chi connectivity index (χ1n) is 6.76. The molecule has 4 heteroatoms. The number of amides is 1. The zero-order valence-electron chi connectivity index (χ0n) is 11.3. The second kappa shape index (κ2) is 6.97. The lowest BCUT2D eigenvalue weighted by Gasteiger charge is -2.26. The highest BCUT2D eigenvalue weighted by Gasteiger charge is 2.30. The van der Waals surface area contributed by atoms with E-state index in [0.717, 1.165) is 19.4 Å². The van der Waals surface area contributed by atoms with Crippen LogP contribution in [0, 0.1) is 11.8 Å². The lowest BCUT2D eigenvalue weighted by atomic mass is 9.98. The monoisotopic (exact) mass is 241 g/mol. The first kappa shape index (κ1) is 14.5. The molecule has 1 fully saturated rings. The normalized spacial score (nSPS) is 26.2. The van der Waals surface area contributed by atoms with E-state index in [1.807, 2.05) is 0 Å². The summed E-state index contributed by atoms with van der Waals surface area (Å²) < 4.78 is 0. The first-order chi connectivity index (χ1) is 8.08. The molecule has 100 valence electrons. The van der Waals surface area contributed by atoms with Gasteiger partial charge in [0.2, 0.25) is 5.91 Å². The molecule has 0 aromatic heterocycles. The van der Waals surface area contributed by atoms with Crippen LogP contribution in [0.3, 0.4) is 0 Å². The maximum Gasteiger partial charge on any atom is 0.236 e. The molecule has 0 spiro atoms. The molecule has 0 radical (unpaired) electrons. The van der Waals surface area contributed by atoms with Gasteiger partial charge in [-0.2, -0.15) is 0 Å². The van der Waals surface area contributed by atoms with Crippen molar-refractivity contribution in [1.82, 2.24) is 10.6 Å². The Morgan fingerprint density at radius 1 is 1.41 bits per heavy atom. The average Bonchev–Trinajstić information content (AvgIpc) is 2.73. The number of rotatable bonds is 6. The Bertz CT molecular complexity index is 243. The van der Waals surface area contributed by atoms with Crippen molar-refractivity contribution >= 4 is 5.91 Å². The van der Waals surface area contributed by atoms with Crippen molar-refractivity contribution in [3.05, 3.63) is 0 Å². The molecule has 17 heavy (non-hydrogen) atoms. The fraction of sp³-hybridized carbons (Fsp3) is 0.923. The van der Waals surface area contributed by atoms with E-state index in [-0.39, 0.29) is 11.9 Å². The van der Waals surface area contributed by atoms with Crippen LogP contribution >= 0.6 is 0 Å². The molecule has 4 N–H and O–H groups in total. The topological polar surface area (TPSA) is 67.2 Å². The minimum Gasteiger partial charge on any atom is -0.358 e. The van der Waals surface area contributed by atoms with Crippen LogP contribution in [0.25, 0.3) is 0 Å². The predicted octanol–water partition coefficient (Wildman–Crippen LogP) is 0.864. The van der Waals surface area contributed by atoms with Crippen LogP contribution in [-0.4, -0.2) is 31.6 Å². The van der Waals surface area contributed by atoms with Crippen LogP contribution in [0.15, 0.2) is 0 Å². The Morgan fingerprint density at radius 3 is 2.65 bits per heavy atom. The summed E-state index contributed by atoms with van der Waals surface area (Å²) in [6.45, 7) is 5.01. The molecule has 3 atom stereocenters. The molecule has 0 bridgehead atoms. The summed E-state index contributed by atoms with van der Waals surface area (Å²) in [4.78, 5) is 11.8. The molecule has 3 unspecified atom stereocenters. The zero-order chi connectivity index (χ0) is 12.8. The quantitative estimate of drug-likeness (QED) is 0.646. The predicted molar refractivity (Wildman–Crippen MR) is 70.6 cm³/mol. The number of nitrogens with one attached hydrogen (secondary N) is 2. The van der Waals surface area contributed by atoms with E-state index in [1.54, 1.807) is 7.05 Å². The van der Waals surface area contributed by atoms with E-state index in [9.17, 15) is 4.79 Å². The van der Waals surface area contributed by atoms with Gasteiger partial charge in [0.15, 0.2) is 0 Å². The van der Waals surface area contributed by atoms with Gasteiger partial charge < -0.3 is 16.4 Å². The van der Waals surface area contributed by atoms with Crippen molar-refractivity contribution in [2.75, 3.05) is 13.6 Å². The van der Waals surface area contributed by atoms with Gasteiger partial charge >= 0.3 is 0 Å². The zero-order valence-corrected chi connectivity index (χ0v) is 11.3. The Hall–Kier alpha value is -0.610. The third kappa shape index (κ3) is 4.28. The molecule has 1 amide bonds. The van der Waals surface area contributed by atoms with Gasteiger partial charge in [0, 0.05) is 13.1 Å². The van der Waals surface area contributed by atoms with Crippen LogP contribution in [0.5, 0.6) is 0 Å². The standard InChI is InChI=1S/C13H27N3O/c1-9(2)7-12(13(17)15-3)16-11-6-4-5-10(11)8-14/h9-12,16H,4-8,14H2,1-3H3,(H,15,17). The summed E-state index contributed by atoms with van der Waals surface area (Å²) in [5.74, 6) is 1.15. The summed E-state index contributed by atoms with van der Waals surface area (Å²) in [5.41, 5.74) is 5.77. The lowest BCUT2D eigenvalue weighted by Crippen LogP contribution is -2.50.